The predicted molar refractivity (Wildman–Crippen MR) is 88.4 cm³/mol. The van der Waals surface area contributed by atoms with E-state index in [0.717, 1.165) is 16.7 Å². The summed E-state index contributed by atoms with van der Waals surface area (Å²) in [6.07, 6.45) is 0. The van der Waals surface area contributed by atoms with Crippen LogP contribution in [0.25, 0.3) is 0 Å². The minimum atomic E-state index is -0.243. The zero-order valence-electron chi connectivity index (χ0n) is 13.9. The number of hydrogen-bond acceptors (Lipinski definition) is 5. The van der Waals surface area contributed by atoms with Crippen molar-refractivity contribution in [3.05, 3.63) is 34.9 Å². The second-order valence-corrected chi connectivity index (χ2v) is 7.79. The van der Waals surface area contributed by atoms with E-state index in [1.165, 1.54) is 11.8 Å². The van der Waals surface area contributed by atoms with Gasteiger partial charge in [-0.1, -0.05) is 29.5 Å². The van der Waals surface area contributed by atoms with Crippen LogP contribution in [0, 0.1) is 13.8 Å². The molecule has 5 nitrogen and oxygen atoms in total. The maximum atomic E-state index is 12.7. The van der Waals surface area contributed by atoms with E-state index in [0.29, 0.717) is 5.16 Å². The molecule has 1 unspecified atom stereocenters. The van der Waals surface area contributed by atoms with Gasteiger partial charge in [-0.15, -0.1) is 5.10 Å². The van der Waals surface area contributed by atoms with E-state index in [9.17, 15) is 4.79 Å². The number of carbonyl (C=O) groups is 1. The van der Waals surface area contributed by atoms with Gasteiger partial charge < -0.3 is 0 Å². The van der Waals surface area contributed by atoms with Crippen LogP contribution < -0.4 is 0 Å². The molecule has 0 aliphatic carbocycles. The van der Waals surface area contributed by atoms with Crippen molar-refractivity contribution in [3.8, 4) is 0 Å². The molecular weight excluding hydrogens is 296 g/mol. The van der Waals surface area contributed by atoms with Gasteiger partial charge in [0.1, 0.15) is 0 Å². The maximum Gasteiger partial charge on any atom is 0.210 e. The molecule has 1 aromatic heterocycles. The van der Waals surface area contributed by atoms with Gasteiger partial charge in [0.15, 0.2) is 5.78 Å². The van der Waals surface area contributed by atoms with E-state index >= 15 is 0 Å². The number of Topliss-reactive ketones (excluding diaryl/α,β-unsaturated/α-hetero) is 1. The molecule has 1 heterocycles. The summed E-state index contributed by atoms with van der Waals surface area (Å²) in [5.74, 6) is 0.106. The van der Waals surface area contributed by atoms with Gasteiger partial charge in [-0.3, -0.25) is 4.79 Å². The molecular formula is C16H22N4OS. The SMILES string of the molecule is Cc1ccc(C)c(C(=O)C(C)Sc2nnnn2C(C)(C)C)c1. The fourth-order valence-corrected chi connectivity index (χ4v) is 3.15. The van der Waals surface area contributed by atoms with Crippen molar-refractivity contribution in [3.63, 3.8) is 0 Å². The highest BCUT2D eigenvalue weighted by molar-refractivity contribution is 8.00. The molecule has 22 heavy (non-hydrogen) atoms. The summed E-state index contributed by atoms with van der Waals surface area (Å²) in [7, 11) is 0. The number of aromatic nitrogens is 4. The molecule has 0 spiro atoms. The number of aryl methyl sites for hydroxylation is 2. The minimum absolute atomic E-state index is 0.106. The third kappa shape index (κ3) is 3.55. The Kier molecular flexibility index (Phi) is 4.70. The standard InChI is InChI=1S/C16H22N4OS/c1-10-7-8-11(2)13(9-10)14(21)12(3)22-15-17-18-19-20(15)16(4,5)6/h7-9,12H,1-6H3. The number of ketones is 1. The van der Waals surface area contributed by atoms with Crippen molar-refractivity contribution >= 4 is 17.5 Å². The molecule has 6 heteroatoms. The van der Waals surface area contributed by atoms with Gasteiger partial charge in [0, 0.05) is 5.56 Å². The average Bonchev–Trinajstić information content (AvgIpc) is 2.88. The van der Waals surface area contributed by atoms with Crippen molar-refractivity contribution < 1.29 is 4.79 Å². The van der Waals surface area contributed by atoms with Gasteiger partial charge in [0.25, 0.3) is 0 Å². The van der Waals surface area contributed by atoms with Crippen LogP contribution in [-0.2, 0) is 5.54 Å². The van der Waals surface area contributed by atoms with Crippen LogP contribution in [0.1, 0.15) is 49.2 Å². The quantitative estimate of drug-likeness (QED) is 0.638. The Morgan fingerprint density at radius 1 is 1.27 bits per heavy atom. The molecule has 1 atom stereocenters. The summed E-state index contributed by atoms with van der Waals surface area (Å²) < 4.78 is 1.75. The van der Waals surface area contributed by atoms with Crippen molar-refractivity contribution in [2.75, 3.05) is 0 Å². The summed E-state index contributed by atoms with van der Waals surface area (Å²) in [4.78, 5) is 12.7. The van der Waals surface area contributed by atoms with Crippen molar-refractivity contribution in [1.29, 1.82) is 0 Å². The minimum Gasteiger partial charge on any atom is -0.293 e. The maximum absolute atomic E-state index is 12.7. The molecule has 0 amide bonds. The summed E-state index contributed by atoms with van der Waals surface area (Å²) >= 11 is 1.40. The number of rotatable bonds is 4. The Balaban J connectivity index is 2.23. The summed E-state index contributed by atoms with van der Waals surface area (Å²) in [5.41, 5.74) is 2.65. The third-order valence-corrected chi connectivity index (χ3v) is 4.42. The van der Waals surface area contributed by atoms with Crippen LogP contribution in [0.4, 0.5) is 0 Å². The number of thioether (sulfide) groups is 1. The molecule has 0 N–H and O–H groups in total. The van der Waals surface area contributed by atoms with E-state index in [1.807, 2.05) is 59.7 Å². The topological polar surface area (TPSA) is 60.7 Å². The smallest absolute Gasteiger partial charge is 0.210 e. The fraction of sp³-hybridized carbons (Fsp3) is 0.500. The summed E-state index contributed by atoms with van der Waals surface area (Å²) in [6, 6.07) is 5.95. The molecule has 0 bridgehead atoms. The lowest BCUT2D eigenvalue weighted by atomic mass is 10.0. The third-order valence-electron chi connectivity index (χ3n) is 3.39. The molecule has 118 valence electrons. The Morgan fingerprint density at radius 3 is 2.59 bits per heavy atom. The highest BCUT2D eigenvalue weighted by Crippen LogP contribution is 2.27. The van der Waals surface area contributed by atoms with Crippen LogP contribution in [0.15, 0.2) is 23.4 Å². The predicted octanol–water partition coefficient (Wildman–Crippen LogP) is 3.41. The van der Waals surface area contributed by atoms with Gasteiger partial charge in [0.2, 0.25) is 5.16 Å². The Bertz CT molecular complexity index is 688. The van der Waals surface area contributed by atoms with E-state index in [2.05, 4.69) is 15.5 Å². The molecule has 2 rings (SSSR count). The van der Waals surface area contributed by atoms with Gasteiger partial charge >= 0.3 is 0 Å². The number of hydrogen-bond donors (Lipinski definition) is 0. The van der Waals surface area contributed by atoms with Crippen LogP contribution in [0.3, 0.4) is 0 Å². The molecule has 0 saturated carbocycles. The molecule has 0 aliphatic rings. The zero-order chi connectivity index (χ0) is 16.5. The highest BCUT2D eigenvalue weighted by atomic mass is 32.2. The Labute approximate surface area is 135 Å². The molecule has 0 saturated heterocycles. The van der Waals surface area contributed by atoms with Crippen LogP contribution in [0.5, 0.6) is 0 Å². The van der Waals surface area contributed by atoms with Crippen LogP contribution >= 0.6 is 11.8 Å². The second kappa shape index (κ2) is 6.20. The molecule has 0 aliphatic heterocycles. The average molecular weight is 318 g/mol. The molecule has 0 radical (unpaired) electrons. The monoisotopic (exact) mass is 318 g/mol. The largest absolute Gasteiger partial charge is 0.293 e. The van der Waals surface area contributed by atoms with Crippen molar-refractivity contribution in [1.82, 2.24) is 20.2 Å². The van der Waals surface area contributed by atoms with E-state index in [1.54, 1.807) is 4.68 Å². The van der Waals surface area contributed by atoms with E-state index in [-0.39, 0.29) is 16.6 Å². The molecule has 2 aromatic rings. The van der Waals surface area contributed by atoms with Gasteiger partial charge in [-0.25, -0.2) is 4.68 Å². The van der Waals surface area contributed by atoms with Crippen molar-refractivity contribution in [2.24, 2.45) is 0 Å². The number of tetrazole rings is 1. The first-order valence-electron chi connectivity index (χ1n) is 7.27. The summed E-state index contributed by atoms with van der Waals surface area (Å²) in [6.45, 7) is 12.0. The van der Waals surface area contributed by atoms with E-state index < -0.39 is 0 Å². The van der Waals surface area contributed by atoms with Gasteiger partial charge in [-0.05, 0) is 63.6 Å². The van der Waals surface area contributed by atoms with Crippen LogP contribution in [-0.4, -0.2) is 31.2 Å². The first-order chi connectivity index (χ1) is 10.2. The lowest BCUT2D eigenvalue weighted by molar-refractivity contribution is 0.0993. The lowest BCUT2D eigenvalue weighted by Gasteiger charge is -2.20. The van der Waals surface area contributed by atoms with Crippen molar-refractivity contribution in [2.45, 2.75) is 57.5 Å². The Morgan fingerprint density at radius 2 is 1.95 bits per heavy atom. The van der Waals surface area contributed by atoms with E-state index in [4.69, 9.17) is 0 Å². The molecule has 1 aromatic carbocycles. The first-order valence-corrected chi connectivity index (χ1v) is 8.15. The normalized spacial score (nSPS) is 13.2. The molecule has 0 fully saturated rings. The zero-order valence-corrected chi connectivity index (χ0v) is 14.7. The Hall–Kier alpha value is -1.69. The number of nitrogens with zero attached hydrogens (tertiary/aromatic N) is 4. The number of carbonyl (C=O) groups excluding carboxylic acids is 1. The van der Waals surface area contributed by atoms with Gasteiger partial charge in [0.05, 0.1) is 10.8 Å². The fourth-order valence-electron chi connectivity index (χ4n) is 2.11. The van der Waals surface area contributed by atoms with Crippen LogP contribution in [0.2, 0.25) is 0 Å². The first kappa shape index (κ1) is 16.7. The highest BCUT2D eigenvalue weighted by Gasteiger charge is 2.25. The second-order valence-electron chi connectivity index (χ2n) is 6.49. The summed E-state index contributed by atoms with van der Waals surface area (Å²) in [5, 5.41) is 12.2. The van der Waals surface area contributed by atoms with Gasteiger partial charge in [-0.2, -0.15) is 0 Å². The lowest BCUT2D eigenvalue weighted by Crippen LogP contribution is -2.25. The number of benzene rings is 1.